The number of hydrogen-bond donors (Lipinski definition) is 1. The largest absolute Gasteiger partial charge is 0.507 e. The Labute approximate surface area is 134 Å². The molecule has 0 saturated heterocycles. The lowest BCUT2D eigenvalue weighted by molar-refractivity contribution is 0.105. The van der Waals surface area contributed by atoms with Crippen LogP contribution in [0.5, 0.6) is 5.75 Å². The number of carbonyl (C=O) groups excluding carboxylic acids is 1. The first-order valence-corrected chi connectivity index (χ1v) is 8.12. The summed E-state index contributed by atoms with van der Waals surface area (Å²) in [4.78, 5) is 12.3. The molecule has 2 heteroatoms. The maximum Gasteiger partial charge on any atom is 0.235 e. The Bertz CT molecular complexity index is 595. The highest BCUT2D eigenvalue weighted by molar-refractivity contribution is 6.09. The van der Waals surface area contributed by atoms with Crippen LogP contribution < -0.4 is 0 Å². The molecule has 1 rings (SSSR count). The summed E-state index contributed by atoms with van der Waals surface area (Å²) in [7, 11) is 0. The molecule has 0 aliphatic heterocycles. The fraction of sp³-hybridized carbons (Fsp3) is 0.550. The van der Waals surface area contributed by atoms with E-state index in [2.05, 4.69) is 25.7 Å². The summed E-state index contributed by atoms with van der Waals surface area (Å²) in [5.41, 5.74) is 2.02. The van der Waals surface area contributed by atoms with E-state index in [1.807, 2.05) is 33.8 Å². The molecule has 0 aromatic heterocycles. The summed E-state index contributed by atoms with van der Waals surface area (Å²) in [6.45, 7) is 12.3. The van der Waals surface area contributed by atoms with E-state index in [1.54, 1.807) is 6.07 Å². The van der Waals surface area contributed by atoms with Crippen molar-refractivity contribution >= 4 is 5.78 Å². The minimum atomic E-state index is -0.223. The van der Waals surface area contributed by atoms with Crippen molar-refractivity contribution in [3.05, 3.63) is 28.8 Å². The van der Waals surface area contributed by atoms with Gasteiger partial charge in [0.05, 0.1) is 0 Å². The fourth-order valence-corrected chi connectivity index (χ4v) is 2.30. The van der Waals surface area contributed by atoms with Crippen LogP contribution in [0.25, 0.3) is 0 Å². The molecule has 120 valence electrons. The van der Waals surface area contributed by atoms with Gasteiger partial charge >= 0.3 is 0 Å². The third-order valence-corrected chi connectivity index (χ3v) is 3.93. The zero-order chi connectivity index (χ0) is 16.9. The lowest BCUT2D eigenvalue weighted by Crippen LogP contribution is -2.14. The number of ketones is 1. The van der Waals surface area contributed by atoms with Gasteiger partial charge in [0.2, 0.25) is 5.78 Å². The zero-order valence-corrected chi connectivity index (χ0v) is 14.7. The standard InChI is InChI=1S/C20H28O2/c1-7-9-10-11-18(21)15-12-16(14(3)8-2)19(22)17(13-15)20(4,5)6/h12-14,22H,7-9H2,1-6H3. The van der Waals surface area contributed by atoms with Crippen molar-refractivity contribution in [1.82, 2.24) is 0 Å². The molecular weight excluding hydrogens is 272 g/mol. The molecule has 1 N–H and O–H groups in total. The van der Waals surface area contributed by atoms with E-state index in [0.717, 1.165) is 30.4 Å². The molecular formula is C20H28O2. The molecule has 1 aromatic carbocycles. The van der Waals surface area contributed by atoms with Crippen LogP contribution in [0.4, 0.5) is 0 Å². The normalized spacial score (nSPS) is 12.5. The summed E-state index contributed by atoms with van der Waals surface area (Å²) in [5.74, 6) is 5.98. The van der Waals surface area contributed by atoms with Crippen molar-refractivity contribution in [2.75, 3.05) is 0 Å². The molecule has 1 unspecified atom stereocenters. The molecule has 0 radical (unpaired) electrons. The summed E-state index contributed by atoms with van der Waals surface area (Å²) >= 11 is 0. The molecule has 0 fully saturated rings. The number of phenolic OH excluding ortho intramolecular Hbond substituents is 1. The quantitative estimate of drug-likeness (QED) is 0.472. The van der Waals surface area contributed by atoms with Crippen molar-refractivity contribution in [2.45, 2.75) is 72.1 Å². The second-order valence-electron chi connectivity index (χ2n) is 6.90. The van der Waals surface area contributed by atoms with Gasteiger partial charge in [-0.1, -0.05) is 47.5 Å². The maximum absolute atomic E-state index is 12.3. The highest BCUT2D eigenvalue weighted by Crippen LogP contribution is 2.38. The van der Waals surface area contributed by atoms with Crippen LogP contribution in [0.15, 0.2) is 12.1 Å². The van der Waals surface area contributed by atoms with Crippen LogP contribution in [0.1, 0.15) is 88.2 Å². The Balaban J connectivity index is 3.42. The molecule has 2 nitrogen and oxygen atoms in total. The number of rotatable bonds is 4. The number of aromatic hydroxyl groups is 1. The van der Waals surface area contributed by atoms with Crippen LogP contribution in [0.2, 0.25) is 0 Å². The minimum absolute atomic E-state index is 0.163. The molecule has 22 heavy (non-hydrogen) atoms. The van der Waals surface area contributed by atoms with Crippen molar-refractivity contribution in [3.8, 4) is 17.6 Å². The Morgan fingerprint density at radius 2 is 1.91 bits per heavy atom. The Hall–Kier alpha value is -1.75. The number of hydrogen-bond acceptors (Lipinski definition) is 2. The first-order chi connectivity index (χ1) is 10.2. The number of phenols is 1. The van der Waals surface area contributed by atoms with Crippen LogP contribution in [-0.4, -0.2) is 10.9 Å². The van der Waals surface area contributed by atoms with E-state index in [-0.39, 0.29) is 17.1 Å². The van der Waals surface area contributed by atoms with Gasteiger partial charge in [-0.25, -0.2) is 0 Å². The Morgan fingerprint density at radius 3 is 2.41 bits per heavy atom. The second kappa shape index (κ2) is 7.49. The minimum Gasteiger partial charge on any atom is -0.507 e. The van der Waals surface area contributed by atoms with Crippen LogP contribution in [0.3, 0.4) is 0 Å². The Kier molecular flexibility index (Phi) is 6.23. The molecule has 0 heterocycles. The average Bonchev–Trinajstić information content (AvgIpc) is 2.45. The van der Waals surface area contributed by atoms with Gasteiger partial charge in [0, 0.05) is 17.5 Å². The first-order valence-electron chi connectivity index (χ1n) is 8.12. The van der Waals surface area contributed by atoms with Gasteiger partial charge in [-0.2, -0.15) is 0 Å². The topological polar surface area (TPSA) is 37.3 Å². The van der Waals surface area contributed by atoms with Gasteiger partial charge in [0.1, 0.15) is 5.75 Å². The van der Waals surface area contributed by atoms with E-state index in [4.69, 9.17) is 0 Å². The maximum atomic E-state index is 12.3. The molecule has 0 spiro atoms. The molecule has 1 aromatic rings. The van der Waals surface area contributed by atoms with E-state index < -0.39 is 0 Å². The van der Waals surface area contributed by atoms with E-state index in [9.17, 15) is 9.90 Å². The van der Waals surface area contributed by atoms with Gasteiger partial charge in [-0.05, 0) is 47.8 Å². The zero-order valence-electron chi connectivity index (χ0n) is 14.7. The van der Waals surface area contributed by atoms with Crippen LogP contribution in [-0.2, 0) is 5.41 Å². The van der Waals surface area contributed by atoms with Crippen molar-refractivity contribution in [2.24, 2.45) is 0 Å². The molecule has 0 bridgehead atoms. The molecule has 0 aliphatic carbocycles. The number of Topliss-reactive ketones (excluding diaryl/α,β-unsaturated/α-hetero) is 1. The highest BCUT2D eigenvalue weighted by atomic mass is 16.3. The second-order valence-corrected chi connectivity index (χ2v) is 6.90. The van der Waals surface area contributed by atoms with Crippen molar-refractivity contribution in [1.29, 1.82) is 0 Å². The van der Waals surface area contributed by atoms with Crippen LogP contribution in [0, 0.1) is 11.8 Å². The smallest absolute Gasteiger partial charge is 0.235 e. The Morgan fingerprint density at radius 1 is 1.27 bits per heavy atom. The number of carbonyl (C=O) groups is 1. The van der Waals surface area contributed by atoms with E-state index in [1.165, 1.54) is 0 Å². The van der Waals surface area contributed by atoms with E-state index in [0.29, 0.717) is 11.3 Å². The predicted molar refractivity (Wildman–Crippen MR) is 92.5 cm³/mol. The summed E-state index contributed by atoms with van der Waals surface area (Å²) in [6.07, 6.45) is 2.59. The van der Waals surface area contributed by atoms with Gasteiger partial charge in [0.25, 0.3) is 0 Å². The molecule has 0 aliphatic rings. The highest BCUT2D eigenvalue weighted by Gasteiger charge is 2.24. The molecule has 0 saturated carbocycles. The lowest BCUT2D eigenvalue weighted by atomic mass is 9.81. The van der Waals surface area contributed by atoms with Gasteiger partial charge < -0.3 is 5.11 Å². The summed E-state index contributed by atoms with van der Waals surface area (Å²) < 4.78 is 0. The van der Waals surface area contributed by atoms with Gasteiger partial charge in [0.15, 0.2) is 0 Å². The van der Waals surface area contributed by atoms with Gasteiger partial charge in [-0.15, -0.1) is 0 Å². The number of unbranched alkanes of at least 4 members (excludes halogenated alkanes) is 1. The first kappa shape index (κ1) is 18.3. The van der Waals surface area contributed by atoms with Gasteiger partial charge in [-0.3, -0.25) is 4.79 Å². The summed E-state index contributed by atoms with van der Waals surface area (Å²) in [5, 5.41) is 10.6. The molecule has 0 amide bonds. The van der Waals surface area contributed by atoms with E-state index >= 15 is 0 Å². The SMILES string of the molecule is CCCC#CC(=O)c1cc(C(C)CC)c(O)c(C(C)(C)C)c1. The molecule has 1 atom stereocenters. The van der Waals surface area contributed by atoms with Crippen molar-refractivity contribution < 1.29 is 9.90 Å². The third-order valence-electron chi connectivity index (χ3n) is 3.93. The lowest BCUT2D eigenvalue weighted by Gasteiger charge is -2.24. The van der Waals surface area contributed by atoms with Crippen molar-refractivity contribution in [3.63, 3.8) is 0 Å². The summed E-state index contributed by atoms with van der Waals surface area (Å²) in [6, 6.07) is 3.60. The number of benzene rings is 1. The predicted octanol–water partition coefficient (Wildman–Crippen LogP) is 5.19. The van der Waals surface area contributed by atoms with Crippen LogP contribution >= 0.6 is 0 Å². The monoisotopic (exact) mass is 300 g/mol. The average molecular weight is 300 g/mol. The third kappa shape index (κ3) is 4.37. The fourth-order valence-electron chi connectivity index (χ4n) is 2.30.